The number of hydrogen-bond donors (Lipinski definition) is 1. The summed E-state index contributed by atoms with van der Waals surface area (Å²) in [6.07, 6.45) is 1.86. The molecule has 1 saturated heterocycles. The van der Waals surface area contributed by atoms with Crippen molar-refractivity contribution in [1.82, 2.24) is 4.72 Å². The normalized spacial score (nSPS) is 19.2. The van der Waals surface area contributed by atoms with Crippen molar-refractivity contribution in [3.05, 3.63) is 23.8 Å². The first-order valence-corrected chi connectivity index (χ1v) is 8.36. The molecule has 1 atom stereocenters. The van der Waals surface area contributed by atoms with E-state index in [2.05, 4.69) is 4.72 Å². The van der Waals surface area contributed by atoms with Gasteiger partial charge in [-0.25, -0.2) is 13.1 Å². The summed E-state index contributed by atoms with van der Waals surface area (Å²) in [4.78, 5) is 0.192. The average molecular weight is 299 g/mol. The Morgan fingerprint density at radius 2 is 2.25 bits per heavy atom. The van der Waals surface area contributed by atoms with Gasteiger partial charge in [0.2, 0.25) is 10.0 Å². The van der Waals surface area contributed by atoms with Crippen LogP contribution in [0.15, 0.2) is 23.1 Å². The third kappa shape index (κ3) is 3.71. The molecule has 112 valence electrons. The number of sulfonamides is 1. The van der Waals surface area contributed by atoms with Gasteiger partial charge in [0.25, 0.3) is 0 Å². The molecular weight excluding hydrogens is 278 g/mol. The highest BCUT2D eigenvalue weighted by molar-refractivity contribution is 7.89. The summed E-state index contributed by atoms with van der Waals surface area (Å²) < 4.78 is 38.2. The summed E-state index contributed by atoms with van der Waals surface area (Å²) in [5.41, 5.74) is 0.881. The average Bonchev–Trinajstić information content (AvgIpc) is 2.92. The van der Waals surface area contributed by atoms with E-state index in [0.717, 1.165) is 18.4 Å². The maximum Gasteiger partial charge on any atom is 0.244 e. The zero-order valence-corrected chi connectivity index (χ0v) is 12.7. The fraction of sp³-hybridized carbons (Fsp3) is 0.571. The minimum Gasteiger partial charge on any atom is -0.492 e. The lowest BCUT2D eigenvalue weighted by Gasteiger charge is -2.14. The van der Waals surface area contributed by atoms with E-state index in [0.29, 0.717) is 25.5 Å². The van der Waals surface area contributed by atoms with Crippen LogP contribution in [-0.4, -0.2) is 34.3 Å². The highest BCUT2D eigenvalue weighted by Crippen LogP contribution is 2.25. The minimum atomic E-state index is -3.58. The molecule has 0 radical (unpaired) electrons. The molecule has 0 aliphatic carbocycles. The van der Waals surface area contributed by atoms with Crippen LogP contribution < -0.4 is 9.46 Å². The van der Waals surface area contributed by atoms with Crippen LogP contribution in [0.3, 0.4) is 0 Å². The van der Waals surface area contributed by atoms with Gasteiger partial charge in [-0.15, -0.1) is 0 Å². The molecule has 0 bridgehead atoms. The summed E-state index contributed by atoms with van der Waals surface area (Å²) in [5, 5.41) is 0. The summed E-state index contributed by atoms with van der Waals surface area (Å²) >= 11 is 0. The van der Waals surface area contributed by atoms with E-state index in [-0.39, 0.29) is 11.0 Å². The first-order chi connectivity index (χ1) is 9.53. The van der Waals surface area contributed by atoms with Crippen LogP contribution in [0.2, 0.25) is 0 Å². The zero-order valence-electron chi connectivity index (χ0n) is 11.9. The Balaban J connectivity index is 2.16. The highest BCUT2D eigenvalue weighted by Gasteiger charge is 2.23. The molecule has 0 amide bonds. The minimum absolute atomic E-state index is 0.0230. The molecule has 1 aromatic carbocycles. The van der Waals surface area contributed by atoms with Crippen LogP contribution >= 0.6 is 0 Å². The van der Waals surface area contributed by atoms with E-state index in [9.17, 15) is 8.42 Å². The smallest absolute Gasteiger partial charge is 0.244 e. The fourth-order valence-electron chi connectivity index (χ4n) is 2.19. The molecule has 5 nitrogen and oxygen atoms in total. The Morgan fingerprint density at radius 1 is 1.45 bits per heavy atom. The van der Waals surface area contributed by atoms with E-state index in [1.54, 1.807) is 12.1 Å². The molecule has 6 heteroatoms. The van der Waals surface area contributed by atoms with Gasteiger partial charge in [-0.3, -0.25) is 0 Å². The molecule has 1 aliphatic rings. The van der Waals surface area contributed by atoms with Crippen molar-refractivity contribution in [2.24, 2.45) is 0 Å². The van der Waals surface area contributed by atoms with Gasteiger partial charge in [0.05, 0.1) is 12.7 Å². The van der Waals surface area contributed by atoms with Crippen molar-refractivity contribution >= 4 is 10.0 Å². The number of nitrogens with one attached hydrogen (secondary N) is 1. The van der Waals surface area contributed by atoms with Gasteiger partial charge < -0.3 is 9.47 Å². The van der Waals surface area contributed by atoms with Crippen molar-refractivity contribution in [3.63, 3.8) is 0 Å². The maximum absolute atomic E-state index is 12.4. The van der Waals surface area contributed by atoms with Crippen LogP contribution in [-0.2, 0) is 14.8 Å². The summed E-state index contributed by atoms with van der Waals surface area (Å²) in [6.45, 7) is 5.13. The summed E-state index contributed by atoms with van der Waals surface area (Å²) in [7, 11) is -3.58. The number of aryl methyl sites for hydroxylation is 1. The lowest BCUT2D eigenvalue weighted by molar-refractivity contribution is 0.114. The van der Waals surface area contributed by atoms with Gasteiger partial charge in [0, 0.05) is 13.2 Å². The molecule has 1 unspecified atom stereocenters. The van der Waals surface area contributed by atoms with Crippen LogP contribution in [0.1, 0.15) is 25.3 Å². The van der Waals surface area contributed by atoms with E-state index < -0.39 is 10.0 Å². The Morgan fingerprint density at radius 3 is 2.90 bits per heavy atom. The lowest BCUT2D eigenvalue weighted by atomic mass is 10.2. The monoisotopic (exact) mass is 299 g/mol. The standard InChI is InChI=1S/C14H21NO4S/c1-3-18-13-7-6-11(2)9-14(13)20(16,17)15-10-12-5-4-8-19-12/h6-7,9,12,15H,3-5,8,10H2,1-2H3. The predicted octanol–water partition coefficient (Wildman–Crippen LogP) is 1.85. The zero-order chi connectivity index (χ0) is 14.6. The van der Waals surface area contributed by atoms with Crippen LogP contribution in [0, 0.1) is 6.92 Å². The molecule has 0 saturated carbocycles. The van der Waals surface area contributed by atoms with Gasteiger partial charge in [0.15, 0.2) is 0 Å². The first kappa shape index (κ1) is 15.3. The van der Waals surface area contributed by atoms with E-state index in [1.165, 1.54) is 0 Å². The number of benzene rings is 1. The molecule has 1 fully saturated rings. The maximum atomic E-state index is 12.4. The number of ether oxygens (including phenoxy) is 2. The Hall–Kier alpha value is -1.11. The van der Waals surface area contributed by atoms with E-state index >= 15 is 0 Å². The Labute approximate surface area is 120 Å². The SMILES string of the molecule is CCOc1ccc(C)cc1S(=O)(=O)NCC1CCCO1. The third-order valence-corrected chi connectivity index (χ3v) is 4.66. The molecule has 1 aliphatic heterocycles. The fourth-order valence-corrected chi connectivity index (χ4v) is 3.48. The van der Waals surface area contributed by atoms with Gasteiger partial charge in [-0.1, -0.05) is 6.07 Å². The molecular formula is C14H21NO4S. The molecule has 0 spiro atoms. The molecule has 0 aromatic heterocycles. The second-order valence-electron chi connectivity index (χ2n) is 4.87. The molecule has 1 heterocycles. The summed E-state index contributed by atoms with van der Waals surface area (Å²) in [5.74, 6) is 0.387. The molecule has 2 rings (SSSR count). The van der Waals surface area contributed by atoms with Gasteiger partial charge in [-0.05, 0) is 44.4 Å². The van der Waals surface area contributed by atoms with Crippen molar-refractivity contribution in [1.29, 1.82) is 0 Å². The second-order valence-corrected chi connectivity index (χ2v) is 6.61. The predicted molar refractivity (Wildman–Crippen MR) is 76.5 cm³/mol. The van der Waals surface area contributed by atoms with Crippen LogP contribution in [0.5, 0.6) is 5.75 Å². The van der Waals surface area contributed by atoms with E-state index in [1.807, 2.05) is 19.9 Å². The van der Waals surface area contributed by atoms with Gasteiger partial charge >= 0.3 is 0 Å². The van der Waals surface area contributed by atoms with Gasteiger partial charge in [0.1, 0.15) is 10.6 Å². The van der Waals surface area contributed by atoms with Gasteiger partial charge in [-0.2, -0.15) is 0 Å². The van der Waals surface area contributed by atoms with E-state index in [4.69, 9.17) is 9.47 Å². The van der Waals surface area contributed by atoms with Crippen LogP contribution in [0.25, 0.3) is 0 Å². The topological polar surface area (TPSA) is 64.6 Å². The Bertz CT molecular complexity index is 550. The molecule has 1 N–H and O–H groups in total. The first-order valence-electron chi connectivity index (χ1n) is 6.87. The quantitative estimate of drug-likeness (QED) is 0.870. The molecule has 20 heavy (non-hydrogen) atoms. The highest BCUT2D eigenvalue weighted by atomic mass is 32.2. The summed E-state index contributed by atoms with van der Waals surface area (Å²) in [6, 6.07) is 5.16. The molecule has 1 aromatic rings. The lowest BCUT2D eigenvalue weighted by Crippen LogP contribution is -2.32. The largest absolute Gasteiger partial charge is 0.492 e. The van der Waals surface area contributed by atoms with Crippen LogP contribution in [0.4, 0.5) is 0 Å². The van der Waals surface area contributed by atoms with Crippen molar-refractivity contribution in [2.45, 2.75) is 37.7 Å². The Kier molecular flexibility index (Phi) is 5.01. The number of hydrogen-bond acceptors (Lipinski definition) is 4. The van der Waals surface area contributed by atoms with Crippen molar-refractivity contribution in [3.8, 4) is 5.75 Å². The van der Waals surface area contributed by atoms with Crippen molar-refractivity contribution < 1.29 is 17.9 Å². The number of rotatable bonds is 6. The van der Waals surface area contributed by atoms with Crippen molar-refractivity contribution in [2.75, 3.05) is 19.8 Å². The third-order valence-electron chi connectivity index (χ3n) is 3.21. The second kappa shape index (κ2) is 6.56.